The lowest BCUT2D eigenvalue weighted by Crippen LogP contribution is -2.55. The van der Waals surface area contributed by atoms with Crippen LogP contribution in [0, 0.1) is 17.6 Å². The van der Waals surface area contributed by atoms with Crippen LogP contribution >= 0.6 is 0 Å². The van der Waals surface area contributed by atoms with Gasteiger partial charge in [0.15, 0.2) is 0 Å². The molecule has 0 radical (unpaired) electrons. The van der Waals surface area contributed by atoms with Crippen molar-refractivity contribution in [3.63, 3.8) is 0 Å². The first kappa shape index (κ1) is 20.1. The molecule has 3 aromatic rings. The fourth-order valence-corrected chi connectivity index (χ4v) is 4.17. The van der Waals surface area contributed by atoms with Crippen molar-refractivity contribution in [3.05, 3.63) is 95.6 Å². The second kappa shape index (κ2) is 8.66. The zero-order chi connectivity index (χ0) is 21.1. The number of halogens is 2. The molecule has 1 fully saturated rings. The van der Waals surface area contributed by atoms with E-state index in [1.165, 1.54) is 12.1 Å². The summed E-state index contributed by atoms with van der Waals surface area (Å²) in [4.78, 5) is 14.8. The Morgan fingerprint density at radius 3 is 2.23 bits per heavy atom. The number of anilines is 1. The van der Waals surface area contributed by atoms with Gasteiger partial charge < -0.3 is 9.64 Å². The van der Waals surface area contributed by atoms with Crippen LogP contribution in [0.2, 0.25) is 0 Å². The van der Waals surface area contributed by atoms with Crippen LogP contribution in [-0.4, -0.2) is 13.0 Å². The number of ether oxygens (including phenoxy) is 1. The highest BCUT2D eigenvalue weighted by atomic mass is 19.1. The van der Waals surface area contributed by atoms with Crippen LogP contribution in [0.5, 0.6) is 5.75 Å². The monoisotopic (exact) mass is 407 g/mol. The lowest BCUT2D eigenvalue weighted by atomic mass is 9.78. The van der Waals surface area contributed by atoms with Crippen molar-refractivity contribution in [1.29, 1.82) is 0 Å². The van der Waals surface area contributed by atoms with Gasteiger partial charge in [-0.1, -0.05) is 30.3 Å². The first-order chi connectivity index (χ1) is 14.6. The molecule has 3 aromatic carbocycles. The number of amides is 1. The van der Waals surface area contributed by atoms with Crippen LogP contribution in [0.25, 0.3) is 0 Å². The number of methoxy groups -OCH3 is 1. The second-order valence-electron chi connectivity index (χ2n) is 7.54. The van der Waals surface area contributed by atoms with Crippen LogP contribution in [0.1, 0.15) is 30.0 Å². The minimum atomic E-state index is -0.573. The lowest BCUT2D eigenvalue weighted by Gasteiger charge is -2.47. The molecular formula is C25H23F2NO2. The number of para-hydroxylation sites is 1. The molecular weight excluding hydrogens is 384 g/mol. The molecule has 1 aliphatic rings. The van der Waals surface area contributed by atoms with Crippen LogP contribution in [0.4, 0.5) is 14.5 Å². The highest BCUT2D eigenvalue weighted by Gasteiger charge is 2.48. The molecule has 4 rings (SSSR count). The van der Waals surface area contributed by atoms with Gasteiger partial charge >= 0.3 is 0 Å². The summed E-state index contributed by atoms with van der Waals surface area (Å²) in [7, 11) is 1.62. The zero-order valence-electron chi connectivity index (χ0n) is 16.7. The fraction of sp³-hybridized carbons (Fsp3) is 0.240. The molecule has 2 atom stereocenters. The Balaban J connectivity index is 1.52. The van der Waals surface area contributed by atoms with E-state index < -0.39 is 11.6 Å². The summed E-state index contributed by atoms with van der Waals surface area (Å²) in [5, 5.41) is 0. The Morgan fingerprint density at radius 1 is 0.933 bits per heavy atom. The van der Waals surface area contributed by atoms with E-state index in [9.17, 15) is 13.6 Å². The minimum Gasteiger partial charge on any atom is -0.497 e. The third-order valence-corrected chi connectivity index (χ3v) is 5.61. The van der Waals surface area contributed by atoms with Gasteiger partial charge in [0.25, 0.3) is 0 Å². The standard InChI is InChI=1S/C25H23F2NO2/c1-30-22-12-10-18(11-13-22)24-23(25(29)28(24)21-7-3-2-4-8-21)9-5-6-17-14-19(26)16-20(27)15-17/h2-4,7-8,10-16,23-24H,5-6,9H2,1H3/t23-,24+/m0/s1. The number of hydrogen-bond donors (Lipinski definition) is 0. The van der Waals surface area contributed by atoms with E-state index in [-0.39, 0.29) is 17.9 Å². The van der Waals surface area contributed by atoms with E-state index in [4.69, 9.17) is 4.74 Å². The molecule has 3 nitrogen and oxygen atoms in total. The number of aryl methyl sites for hydroxylation is 1. The van der Waals surface area contributed by atoms with Crippen molar-refractivity contribution in [2.75, 3.05) is 12.0 Å². The molecule has 0 aromatic heterocycles. The number of carbonyl (C=O) groups excluding carboxylic acids is 1. The second-order valence-corrected chi connectivity index (χ2v) is 7.54. The van der Waals surface area contributed by atoms with E-state index in [0.717, 1.165) is 23.1 Å². The maximum absolute atomic E-state index is 13.4. The normalized spacial score (nSPS) is 18.2. The van der Waals surface area contributed by atoms with Crippen molar-refractivity contribution < 1.29 is 18.3 Å². The molecule has 1 heterocycles. The summed E-state index contributed by atoms with van der Waals surface area (Å²) in [6, 6.07) is 20.9. The van der Waals surface area contributed by atoms with Crippen molar-refractivity contribution in [2.45, 2.75) is 25.3 Å². The molecule has 30 heavy (non-hydrogen) atoms. The molecule has 0 spiro atoms. The van der Waals surface area contributed by atoms with Crippen LogP contribution < -0.4 is 9.64 Å². The summed E-state index contributed by atoms with van der Waals surface area (Å²) in [6.07, 6.45) is 1.85. The molecule has 1 amide bonds. The quantitative estimate of drug-likeness (QED) is 0.470. The molecule has 0 aliphatic carbocycles. The van der Waals surface area contributed by atoms with Crippen molar-refractivity contribution in [3.8, 4) is 5.75 Å². The Kier molecular flexibility index (Phi) is 5.79. The number of carbonyl (C=O) groups is 1. The lowest BCUT2D eigenvalue weighted by molar-refractivity contribution is -0.130. The van der Waals surface area contributed by atoms with Crippen molar-refractivity contribution >= 4 is 11.6 Å². The van der Waals surface area contributed by atoms with E-state index in [1.54, 1.807) is 7.11 Å². The summed E-state index contributed by atoms with van der Waals surface area (Å²) in [5.41, 5.74) is 2.52. The number of rotatable bonds is 7. The number of hydrogen-bond acceptors (Lipinski definition) is 2. The smallest absolute Gasteiger partial charge is 0.233 e. The number of β-lactam (4-membered cyclic amide) rings is 1. The molecule has 0 saturated carbocycles. The molecule has 0 N–H and O–H groups in total. The van der Waals surface area contributed by atoms with Gasteiger partial charge in [0.05, 0.1) is 19.1 Å². The average Bonchev–Trinajstić information content (AvgIpc) is 2.75. The van der Waals surface area contributed by atoms with Crippen molar-refractivity contribution in [2.24, 2.45) is 5.92 Å². The van der Waals surface area contributed by atoms with Gasteiger partial charge in [0.1, 0.15) is 17.4 Å². The van der Waals surface area contributed by atoms with Gasteiger partial charge in [-0.25, -0.2) is 8.78 Å². The van der Waals surface area contributed by atoms with Gasteiger partial charge in [-0.05, 0) is 66.8 Å². The first-order valence-electron chi connectivity index (χ1n) is 10.0. The highest BCUT2D eigenvalue weighted by molar-refractivity contribution is 6.03. The highest BCUT2D eigenvalue weighted by Crippen LogP contribution is 2.45. The molecule has 0 bridgehead atoms. The summed E-state index contributed by atoms with van der Waals surface area (Å²) >= 11 is 0. The minimum absolute atomic E-state index is 0.0740. The maximum atomic E-state index is 13.4. The van der Waals surface area contributed by atoms with Gasteiger partial charge in [-0.2, -0.15) is 0 Å². The third-order valence-electron chi connectivity index (χ3n) is 5.61. The summed E-state index contributed by atoms with van der Waals surface area (Å²) in [5.74, 6) is -0.475. The average molecular weight is 407 g/mol. The van der Waals surface area contributed by atoms with Crippen LogP contribution in [0.3, 0.4) is 0 Å². The molecule has 0 unspecified atom stereocenters. The summed E-state index contributed by atoms with van der Waals surface area (Å²) < 4.78 is 32.1. The van der Waals surface area contributed by atoms with E-state index in [1.807, 2.05) is 59.5 Å². The Labute approximate surface area is 174 Å². The van der Waals surface area contributed by atoms with Gasteiger partial charge in [-0.15, -0.1) is 0 Å². The number of nitrogens with zero attached hydrogens (tertiary/aromatic N) is 1. The van der Waals surface area contributed by atoms with Gasteiger partial charge in [-0.3, -0.25) is 4.79 Å². The molecule has 1 saturated heterocycles. The van der Waals surface area contributed by atoms with E-state index >= 15 is 0 Å². The predicted molar refractivity (Wildman–Crippen MR) is 112 cm³/mol. The van der Waals surface area contributed by atoms with Crippen LogP contribution in [-0.2, 0) is 11.2 Å². The zero-order valence-corrected chi connectivity index (χ0v) is 16.7. The number of benzene rings is 3. The fourth-order valence-electron chi connectivity index (χ4n) is 4.17. The van der Waals surface area contributed by atoms with E-state index in [2.05, 4.69) is 0 Å². The Bertz CT molecular complexity index is 1000. The van der Waals surface area contributed by atoms with E-state index in [0.29, 0.717) is 24.8 Å². The SMILES string of the molecule is COc1ccc([C@@H]2[C@H](CCCc3cc(F)cc(F)c3)C(=O)N2c2ccccc2)cc1. The van der Waals surface area contributed by atoms with Gasteiger partial charge in [0, 0.05) is 11.8 Å². The first-order valence-corrected chi connectivity index (χ1v) is 10.0. The maximum Gasteiger partial charge on any atom is 0.233 e. The van der Waals surface area contributed by atoms with Crippen molar-refractivity contribution in [1.82, 2.24) is 0 Å². The van der Waals surface area contributed by atoms with Crippen LogP contribution in [0.15, 0.2) is 72.8 Å². The molecule has 154 valence electrons. The van der Waals surface area contributed by atoms with Gasteiger partial charge in [0.2, 0.25) is 5.91 Å². The molecule has 5 heteroatoms. The predicted octanol–water partition coefficient (Wildman–Crippen LogP) is 5.70. The molecule has 1 aliphatic heterocycles. The Hall–Kier alpha value is -3.21. The Morgan fingerprint density at radius 2 is 1.60 bits per heavy atom. The topological polar surface area (TPSA) is 29.5 Å². The summed E-state index contributed by atoms with van der Waals surface area (Å²) in [6.45, 7) is 0. The third kappa shape index (κ3) is 4.06. The largest absolute Gasteiger partial charge is 0.497 e.